The number of hydrogen-bond acceptors (Lipinski definition) is 1. The fraction of sp³-hybridized carbons (Fsp3) is 0.143. The Hall–Kier alpha value is -0.510. The molecule has 0 aromatic heterocycles. The predicted octanol–water partition coefficient (Wildman–Crippen LogP) is 5.79. The molecule has 0 unspecified atom stereocenters. The van der Waals surface area contributed by atoms with Gasteiger partial charge in [-0.25, -0.2) is 0 Å². The van der Waals surface area contributed by atoms with Gasteiger partial charge in [-0.3, -0.25) is 0 Å². The highest BCUT2D eigenvalue weighted by Gasteiger charge is 2.04. The van der Waals surface area contributed by atoms with Crippen molar-refractivity contribution < 1.29 is 0 Å². The lowest BCUT2D eigenvalue weighted by Gasteiger charge is -2.11. The van der Waals surface area contributed by atoms with Crippen molar-refractivity contribution in [2.24, 2.45) is 0 Å². The smallest absolute Gasteiger partial charge is 0.0490 e. The lowest BCUT2D eigenvalue weighted by atomic mass is 10.2. The Balaban J connectivity index is 2.14. The van der Waals surface area contributed by atoms with Gasteiger partial charge in [0.25, 0.3) is 0 Å². The van der Waals surface area contributed by atoms with Gasteiger partial charge < -0.3 is 5.32 Å². The first-order valence-corrected chi connectivity index (χ1v) is 7.47. The van der Waals surface area contributed by atoms with E-state index in [1.807, 2.05) is 30.3 Å². The average molecular weight is 390 g/mol. The second-order valence-corrected chi connectivity index (χ2v) is 6.14. The summed E-state index contributed by atoms with van der Waals surface area (Å²) in [6, 6.07) is 12.1. The highest BCUT2D eigenvalue weighted by molar-refractivity contribution is 9.11. The fourth-order valence-corrected chi connectivity index (χ4v) is 2.78. The molecule has 18 heavy (non-hydrogen) atoms. The van der Waals surface area contributed by atoms with Gasteiger partial charge in [-0.2, -0.15) is 0 Å². The molecule has 0 saturated carbocycles. The van der Waals surface area contributed by atoms with Gasteiger partial charge in [0, 0.05) is 26.2 Å². The van der Waals surface area contributed by atoms with Crippen molar-refractivity contribution in [3.8, 4) is 0 Å². The van der Waals surface area contributed by atoms with E-state index in [-0.39, 0.29) is 0 Å². The molecular weight excluding hydrogens is 377 g/mol. The first-order valence-electron chi connectivity index (χ1n) is 5.51. The van der Waals surface area contributed by atoms with Gasteiger partial charge >= 0.3 is 0 Å². The molecule has 2 rings (SSSR count). The van der Waals surface area contributed by atoms with Crippen molar-refractivity contribution >= 4 is 49.1 Å². The van der Waals surface area contributed by atoms with Crippen LogP contribution in [0.1, 0.15) is 11.1 Å². The average Bonchev–Trinajstić information content (AvgIpc) is 2.33. The largest absolute Gasteiger partial charge is 0.380 e. The molecular formula is C14H12Br2ClN. The van der Waals surface area contributed by atoms with Crippen LogP contribution in [-0.4, -0.2) is 0 Å². The normalized spacial score (nSPS) is 10.4. The fourth-order valence-electron chi connectivity index (χ4n) is 1.64. The monoisotopic (exact) mass is 387 g/mol. The van der Waals surface area contributed by atoms with Gasteiger partial charge in [0.2, 0.25) is 0 Å². The molecule has 0 saturated heterocycles. The lowest BCUT2D eigenvalue weighted by Crippen LogP contribution is -2.01. The summed E-state index contributed by atoms with van der Waals surface area (Å²) >= 11 is 13.2. The maximum absolute atomic E-state index is 6.19. The van der Waals surface area contributed by atoms with Crippen LogP contribution in [0.3, 0.4) is 0 Å². The van der Waals surface area contributed by atoms with E-state index < -0.39 is 0 Å². The molecule has 0 aliphatic carbocycles. The van der Waals surface area contributed by atoms with Crippen LogP contribution in [0.25, 0.3) is 0 Å². The molecule has 0 heterocycles. The summed E-state index contributed by atoms with van der Waals surface area (Å²) in [7, 11) is 0. The molecule has 0 aliphatic rings. The summed E-state index contributed by atoms with van der Waals surface area (Å²) in [5, 5.41) is 4.15. The molecule has 2 aromatic carbocycles. The van der Waals surface area contributed by atoms with Crippen molar-refractivity contribution in [1.29, 1.82) is 0 Å². The first-order chi connectivity index (χ1) is 8.58. The van der Waals surface area contributed by atoms with E-state index in [4.69, 9.17) is 11.6 Å². The molecule has 1 N–H and O–H groups in total. The molecule has 4 heteroatoms. The summed E-state index contributed by atoms with van der Waals surface area (Å²) in [5.74, 6) is 0. The number of anilines is 1. The predicted molar refractivity (Wildman–Crippen MR) is 85.4 cm³/mol. The third kappa shape index (κ3) is 3.28. The van der Waals surface area contributed by atoms with Crippen LogP contribution in [0.2, 0.25) is 5.02 Å². The minimum absolute atomic E-state index is 0.703. The zero-order chi connectivity index (χ0) is 13.1. The molecule has 0 aliphatic heterocycles. The number of nitrogens with one attached hydrogen (secondary N) is 1. The quantitative estimate of drug-likeness (QED) is 0.701. The Bertz CT molecular complexity index is 570. The topological polar surface area (TPSA) is 12.0 Å². The van der Waals surface area contributed by atoms with E-state index in [2.05, 4.69) is 50.2 Å². The Kier molecular flexibility index (Phi) is 4.71. The molecule has 0 radical (unpaired) electrons. The molecule has 0 atom stereocenters. The SMILES string of the molecule is Cc1cccc(NCc2ccc(Br)cc2Cl)c1Br. The summed E-state index contributed by atoms with van der Waals surface area (Å²) < 4.78 is 2.09. The highest BCUT2D eigenvalue weighted by Crippen LogP contribution is 2.27. The molecule has 0 fully saturated rings. The summed E-state index contributed by atoms with van der Waals surface area (Å²) in [4.78, 5) is 0. The van der Waals surface area contributed by atoms with Crippen molar-refractivity contribution in [1.82, 2.24) is 0 Å². The van der Waals surface area contributed by atoms with Crippen LogP contribution in [0, 0.1) is 6.92 Å². The number of aryl methyl sites for hydroxylation is 1. The van der Waals surface area contributed by atoms with Crippen molar-refractivity contribution in [2.75, 3.05) is 5.32 Å². The second kappa shape index (κ2) is 6.09. The van der Waals surface area contributed by atoms with Crippen molar-refractivity contribution in [3.63, 3.8) is 0 Å². The minimum Gasteiger partial charge on any atom is -0.380 e. The molecule has 1 nitrogen and oxygen atoms in total. The summed E-state index contributed by atoms with van der Waals surface area (Å²) in [5.41, 5.74) is 3.36. The molecule has 2 aromatic rings. The van der Waals surface area contributed by atoms with E-state index in [1.54, 1.807) is 0 Å². The van der Waals surface area contributed by atoms with Gasteiger partial charge in [0.1, 0.15) is 0 Å². The second-order valence-electron chi connectivity index (χ2n) is 4.03. The zero-order valence-electron chi connectivity index (χ0n) is 9.81. The van der Waals surface area contributed by atoms with Gasteiger partial charge in [-0.15, -0.1) is 0 Å². The lowest BCUT2D eigenvalue weighted by molar-refractivity contribution is 1.14. The molecule has 0 bridgehead atoms. The van der Waals surface area contributed by atoms with Crippen molar-refractivity contribution in [3.05, 3.63) is 61.5 Å². The van der Waals surface area contributed by atoms with E-state index in [1.165, 1.54) is 5.56 Å². The highest BCUT2D eigenvalue weighted by atomic mass is 79.9. The number of rotatable bonds is 3. The van der Waals surface area contributed by atoms with Crippen LogP contribution >= 0.6 is 43.5 Å². The minimum atomic E-state index is 0.703. The van der Waals surface area contributed by atoms with Gasteiger partial charge in [-0.05, 0) is 52.2 Å². The van der Waals surface area contributed by atoms with Crippen LogP contribution in [0.15, 0.2) is 45.3 Å². The molecule has 0 amide bonds. The molecule has 0 spiro atoms. The summed E-state index contributed by atoms with van der Waals surface area (Å²) in [6.45, 7) is 2.77. The maximum Gasteiger partial charge on any atom is 0.0490 e. The van der Waals surface area contributed by atoms with Crippen LogP contribution in [0.5, 0.6) is 0 Å². The van der Waals surface area contributed by atoms with E-state index in [0.29, 0.717) is 6.54 Å². The Morgan fingerprint density at radius 3 is 2.67 bits per heavy atom. The Morgan fingerprint density at radius 1 is 1.17 bits per heavy atom. The molecule has 94 valence electrons. The van der Waals surface area contributed by atoms with Crippen molar-refractivity contribution in [2.45, 2.75) is 13.5 Å². The number of benzene rings is 2. The summed E-state index contributed by atoms with van der Waals surface area (Å²) in [6.07, 6.45) is 0. The first kappa shape index (κ1) is 13.9. The van der Waals surface area contributed by atoms with Gasteiger partial charge in [0.15, 0.2) is 0 Å². The number of halogens is 3. The number of hydrogen-bond donors (Lipinski definition) is 1. The Morgan fingerprint density at radius 2 is 1.94 bits per heavy atom. The Labute approximate surface area is 129 Å². The van der Waals surface area contributed by atoms with E-state index in [9.17, 15) is 0 Å². The van der Waals surface area contributed by atoms with Crippen LogP contribution < -0.4 is 5.32 Å². The standard InChI is InChI=1S/C14H12Br2ClN/c1-9-3-2-4-13(14(9)16)18-8-10-5-6-11(15)7-12(10)17/h2-7,18H,8H2,1H3. The van der Waals surface area contributed by atoms with Gasteiger partial charge in [0.05, 0.1) is 0 Å². The van der Waals surface area contributed by atoms with E-state index in [0.717, 1.165) is 25.2 Å². The maximum atomic E-state index is 6.19. The van der Waals surface area contributed by atoms with Gasteiger partial charge in [-0.1, -0.05) is 45.7 Å². The van der Waals surface area contributed by atoms with Crippen LogP contribution in [-0.2, 0) is 6.54 Å². The van der Waals surface area contributed by atoms with Crippen LogP contribution in [0.4, 0.5) is 5.69 Å². The zero-order valence-corrected chi connectivity index (χ0v) is 13.7. The van der Waals surface area contributed by atoms with E-state index >= 15 is 0 Å². The third-order valence-electron chi connectivity index (χ3n) is 2.68. The third-order valence-corrected chi connectivity index (χ3v) is 4.57.